The second kappa shape index (κ2) is 2.27. The van der Waals surface area contributed by atoms with E-state index < -0.39 is 17.6 Å². The SMILES string of the molecule is NN(C(F)(F)F)C(F)(F)F. The number of rotatable bonds is 0. The molecule has 0 atom stereocenters. The molecule has 0 fully saturated rings. The first-order chi connectivity index (χ1) is 4.15. The summed E-state index contributed by atoms with van der Waals surface area (Å²) in [5.74, 6) is 3.61. The van der Waals surface area contributed by atoms with Gasteiger partial charge in [0.25, 0.3) is 0 Å². The minimum Gasteiger partial charge on any atom is -0.254 e. The summed E-state index contributed by atoms with van der Waals surface area (Å²) in [5, 5.41) is -2.12. The van der Waals surface area contributed by atoms with Crippen molar-refractivity contribution in [1.82, 2.24) is 5.01 Å². The van der Waals surface area contributed by atoms with Crippen molar-refractivity contribution in [1.29, 1.82) is 0 Å². The van der Waals surface area contributed by atoms with Gasteiger partial charge in [-0.15, -0.1) is 0 Å². The molecule has 0 saturated carbocycles. The molecular formula is C2H2F6N2. The molecule has 0 radical (unpaired) electrons. The lowest BCUT2D eigenvalue weighted by Gasteiger charge is -2.20. The molecule has 2 nitrogen and oxygen atoms in total. The molecule has 0 amide bonds. The maximum atomic E-state index is 11.0. The highest BCUT2D eigenvalue weighted by Gasteiger charge is 2.52. The van der Waals surface area contributed by atoms with Gasteiger partial charge in [-0.3, -0.25) is 5.84 Å². The van der Waals surface area contributed by atoms with Gasteiger partial charge in [-0.25, -0.2) is 0 Å². The van der Waals surface area contributed by atoms with E-state index in [1.807, 2.05) is 0 Å². The van der Waals surface area contributed by atoms with E-state index in [4.69, 9.17) is 0 Å². The van der Waals surface area contributed by atoms with Crippen molar-refractivity contribution in [2.75, 3.05) is 0 Å². The summed E-state index contributed by atoms with van der Waals surface area (Å²) >= 11 is 0. The fourth-order valence-corrected chi connectivity index (χ4v) is 0.144. The summed E-state index contributed by atoms with van der Waals surface area (Å²) in [4.78, 5) is 0. The number of alkyl halides is 6. The van der Waals surface area contributed by atoms with Gasteiger partial charge in [0, 0.05) is 0 Å². The molecule has 0 aliphatic rings. The standard InChI is InChI=1S/C2H2F6N2/c3-1(4,5)10(9)2(6,7)8/h9H2. The van der Waals surface area contributed by atoms with Crippen molar-refractivity contribution in [3.8, 4) is 0 Å². The maximum absolute atomic E-state index is 11.0. The Labute approximate surface area is 51.2 Å². The van der Waals surface area contributed by atoms with Crippen LogP contribution in [-0.2, 0) is 0 Å². The number of hydrazine groups is 1. The molecule has 0 heterocycles. The van der Waals surface area contributed by atoms with Crippen molar-refractivity contribution >= 4 is 0 Å². The number of hydrogen-bond donors (Lipinski definition) is 1. The number of hydrogen-bond acceptors (Lipinski definition) is 2. The van der Waals surface area contributed by atoms with E-state index >= 15 is 0 Å². The summed E-state index contributed by atoms with van der Waals surface area (Å²) in [6.07, 6.45) is -11.1. The highest BCUT2D eigenvalue weighted by molar-refractivity contribution is 4.51. The third-order valence-corrected chi connectivity index (χ3v) is 0.546. The molecule has 0 aliphatic carbocycles. The van der Waals surface area contributed by atoms with Gasteiger partial charge in [0.2, 0.25) is 0 Å². The van der Waals surface area contributed by atoms with Crippen molar-refractivity contribution < 1.29 is 26.3 Å². The lowest BCUT2D eigenvalue weighted by molar-refractivity contribution is -0.375. The average Bonchev–Trinajstić information content (AvgIpc) is 1.59. The van der Waals surface area contributed by atoms with Crippen molar-refractivity contribution in [3.63, 3.8) is 0 Å². The summed E-state index contributed by atoms with van der Waals surface area (Å²) < 4.78 is 66.2. The lowest BCUT2D eigenvalue weighted by atomic mass is 10.9. The molecule has 0 aromatic rings. The Balaban J connectivity index is 4.23. The lowest BCUT2D eigenvalue weighted by Crippen LogP contribution is -2.52. The molecule has 0 bridgehead atoms. The minimum absolute atomic E-state index is 2.12. The molecule has 8 heteroatoms. The minimum atomic E-state index is -5.57. The van der Waals surface area contributed by atoms with E-state index in [-0.39, 0.29) is 0 Å². The van der Waals surface area contributed by atoms with Gasteiger partial charge in [0.15, 0.2) is 0 Å². The predicted octanol–water partition coefficient (Wildman–Crippen LogP) is 1.20. The van der Waals surface area contributed by atoms with Crippen LogP contribution in [-0.4, -0.2) is 17.6 Å². The summed E-state index contributed by atoms with van der Waals surface area (Å²) in [6, 6.07) is 0. The smallest absolute Gasteiger partial charge is 0.254 e. The molecule has 0 unspecified atom stereocenters. The van der Waals surface area contributed by atoms with E-state index in [2.05, 4.69) is 5.84 Å². The van der Waals surface area contributed by atoms with Crippen LogP contribution in [0.15, 0.2) is 0 Å². The van der Waals surface area contributed by atoms with Gasteiger partial charge in [-0.2, -0.15) is 26.3 Å². The molecule has 0 aromatic carbocycles. The van der Waals surface area contributed by atoms with Crippen LogP contribution in [0, 0.1) is 0 Å². The fourth-order valence-electron chi connectivity index (χ4n) is 0.144. The topological polar surface area (TPSA) is 29.3 Å². The normalized spacial score (nSPS) is 14.4. The van der Waals surface area contributed by atoms with Gasteiger partial charge in [-0.05, 0) is 0 Å². The van der Waals surface area contributed by atoms with Crippen LogP contribution < -0.4 is 5.84 Å². The van der Waals surface area contributed by atoms with Crippen LogP contribution in [0.5, 0.6) is 0 Å². The predicted molar refractivity (Wildman–Crippen MR) is 18.1 cm³/mol. The molecule has 62 valence electrons. The third kappa shape index (κ3) is 2.40. The zero-order valence-electron chi connectivity index (χ0n) is 4.29. The highest BCUT2D eigenvalue weighted by Crippen LogP contribution is 2.29. The first-order valence-corrected chi connectivity index (χ1v) is 1.84. The zero-order valence-corrected chi connectivity index (χ0v) is 4.29. The first kappa shape index (κ1) is 9.50. The fraction of sp³-hybridized carbons (Fsp3) is 1.00. The van der Waals surface area contributed by atoms with Crippen molar-refractivity contribution in [3.05, 3.63) is 0 Å². The van der Waals surface area contributed by atoms with Crippen LogP contribution in [0.4, 0.5) is 26.3 Å². The Morgan fingerprint density at radius 3 is 1.00 bits per heavy atom. The Hall–Kier alpha value is -0.500. The first-order valence-electron chi connectivity index (χ1n) is 1.84. The number of nitrogens with two attached hydrogens (primary N) is 1. The average molecular weight is 168 g/mol. The molecule has 2 N–H and O–H groups in total. The summed E-state index contributed by atoms with van der Waals surface area (Å²) in [6.45, 7) is 0. The van der Waals surface area contributed by atoms with Crippen LogP contribution in [0.1, 0.15) is 0 Å². The van der Waals surface area contributed by atoms with E-state index in [0.717, 1.165) is 0 Å². The van der Waals surface area contributed by atoms with Gasteiger partial charge in [-0.1, -0.05) is 5.01 Å². The molecule has 0 spiro atoms. The molecule has 0 rings (SSSR count). The molecular weight excluding hydrogens is 166 g/mol. The van der Waals surface area contributed by atoms with Crippen LogP contribution in [0.2, 0.25) is 0 Å². The van der Waals surface area contributed by atoms with E-state index in [1.54, 1.807) is 0 Å². The Bertz CT molecular complexity index is 97.9. The quantitative estimate of drug-likeness (QED) is 0.255. The monoisotopic (exact) mass is 168 g/mol. The Morgan fingerprint density at radius 1 is 0.800 bits per heavy atom. The van der Waals surface area contributed by atoms with Gasteiger partial charge in [0.05, 0.1) is 0 Å². The van der Waals surface area contributed by atoms with Crippen LogP contribution in [0.25, 0.3) is 0 Å². The second-order valence-electron chi connectivity index (χ2n) is 1.31. The van der Waals surface area contributed by atoms with Gasteiger partial charge >= 0.3 is 12.6 Å². The summed E-state index contributed by atoms with van der Waals surface area (Å²) in [7, 11) is 0. The Kier molecular flexibility index (Phi) is 2.16. The molecule has 0 aromatic heterocycles. The molecule has 0 saturated heterocycles. The van der Waals surface area contributed by atoms with E-state index in [0.29, 0.717) is 0 Å². The van der Waals surface area contributed by atoms with Crippen LogP contribution in [0.3, 0.4) is 0 Å². The third-order valence-electron chi connectivity index (χ3n) is 0.546. The second-order valence-corrected chi connectivity index (χ2v) is 1.31. The van der Waals surface area contributed by atoms with Gasteiger partial charge in [0.1, 0.15) is 0 Å². The maximum Gasteiger partial charge on any atom is 0.480 e. The summed E-state index contributed by atoms with van der Waals surface area (Å²) in [5.41, 5.74) is 0. The zero-order chi connectivity index (χ0) is 8.58. The highest BCUT2D eigenvalue weighted by atomic mass is 19.4. The van der Waals surface area contributed by atoms with E-state index in [1.165, 1.54) is 0 Å². The van der Waals surface area contributed by atoms with E-state index in [9.17, 15) is 26.3 Å². The Morgan fingerprint density at radius 2 is 1.00 bits per heavy atom. The molecule has 10 heavy (non-hydrogen) atoms. The number of halogens is 6. The van der Waals surface area contributed by atoms with Crippen molar-refractivity contribution in [2.45, 2.75) is 12.6 Å². The van der Waals surface area contributed by atoms with Gasteiger partial charge < -0.3 is 0 Å². The van der Waals surface area contributed by atoms with Crippen molar-refractivity contribution in [2.24, 2.45) is 5.84 Å². The molecule has 0 aliphatic heterocycles. The van der Waals surface area contributed by atoms with Crippen LogP contribution >= 0.6 is 0 Å². The largest absolute Gasteiger partial charge is 0.480 e. The number of nitrogens with zero attached hydrogens (tertiary/aromatic N) is 1.